The van der Waals surface area contributed by atoms with Gasteiger partial charge < -0.3 is 10.4 Å². The van der Waals surface area contributed by atoms with Crippen LogP contribution in [0.15, 0.2) is 34.3 Å². The summed E-state index contributed by atoms with van der Waals surface area (Å²) in [4.78, 5) is 22.0. The van der Waals surface area contributed by atoms with Gasteiger partial charge in [0, 0.05) is 5.69 Å². The van der Waals surface area contributed by atoms with Gasteiger partial charge in [-0.15, -0.1) is 0 Å². The molecule has 0 heterocycles. The lowest BCUT2D eigenvalue weighted by Crippen LogP contribution is -2.14. The van der Waals surface area contributed by atoms with Crippen LogP contribution in [0.1, 0.15) is 5.56 Å². The van der Waals surface area contributed by atoms with E-state index in [0.717, 1.165) is 5.56 Å². The molecule has 90 valence electrons. The number of rotatable bonds is 3. The van der Waals surface area contributed by atoms with Crippen molar-refractivity contribution in [3.8, 4) is 0 Å². The lowest BCUT2D eigenvalue weighted by atomic mass is 10.2. The summed E-state index contributed by atoms with van der Waals surface area (Å²) in [5, 5.41) is 9.71. The van der Waals surface area contributed by atoms with Crippen LogP contribution in [0, 0.1) is 6.92 Å². The molecule has 0 aromatic heterocycles. The molecule has 0 spiro atoms. The van der Waals surface area contributed by atoms with Crippen molar-refractivity contribution in [2.75, 3.05) is 5.32 Å². The number of hydrogen-bond donors (Lipinski definition) is 2. The van der Waals surface area contributed by atoms with Gasteiger partial charge in [0.1, 0.15) is 10.1 Å². The van der Waals surface area contributed by atoms with Crippen molar-refractivity contribution in [3.05, 3.63) is 39.9 Å². The number of aryl methyl sites for hydroxylation is 1. The van der Waals surface area contributed by atoms with Crippen molar-refractivity contribution in [2.45, 2.75) is 6.92 Å². The maximum Gasteiger partial charge on any atom is 0.349 e. The highest BCUT2D eigenvalue weighted by molar-refractivity contribution is 6.54. The molecule has 0 bridgehead atoms. The maximum absolute atomic E-state index is 11.5. The summed E-state index contributed by atoms with van der Waals surface area (Å²) in [5.74, 6) is -2.21. The Morgan fingerprint density at radius 3 is 2.12 bits per heavy atom. The third-order valence-corrected chi connectivity index (χ3v) is 2.70. The smallest absolute Gasteiger partial charge is 0.349 e. The van der Waals surface area contributed by atoms with Crippen molar-refractivity contribution in [1.82, 2.24) is 0 Å². The van der Waals surface area contributed by atoms with Gasteiger partial charge in [-0.1, -0.05) is 40.9 Å². The van der Waals surface area contributed by atoms with Crippen LogP contribution < -0.4 is 5.32 Å². The molecule has 4 nitrogen and oxygen atoms in total. The molecule has 1 amide bonds. The molecular weight excluding hydrogens is 265 g/mol. The van der Waals surface area contributed by atoms with E-state index in [9.17, 15) is 9.59 Å². The summed E-state index contributed by atoms with van der Waals surface area (Å²) in [6, 6.07) is 6.94. The number of carboxylic acids is 1. The predicted octanol–water partition coefficient (Wildman–Crippen LogP) is 2.71. The highest BCUT2D eigenvalue weighted by atomic mass is 35.5. The van der Waals surface area contributed by atoms with Gasteiger partial charge in [-0.25, -0.2) is 4.79 Å². The van der Waals surface area contributed by atoms with Gasteiger partial charge in [-0.3, -0.25) is 4.79 Å². The van der Waals surface area contributed by atoms with Crippen LogP contribution in [0.2, 0.25) is 0 Å². The first-order chi connectivity index (χ1) is 7.91. The number of benzene rings is 1. The van der Waals surface area contributed by atoms with Gasteiger partial charge >= 0.3 is 5.97 Å². The van der Waals surface area contributed by atoms with E-state index in [4.69, 9.17) is 28.3 Å². The Morgan fingerprint density at radius 1 is 1.12 bits per heavy atom. The summed E-state index contributed by atoms with van der Waals surface area (Å²) >= 11 is 10.9. The lowest BCUT2D eigenvalue weighted by Gasteiger charge is -2.05. The molecule has 1 aromatic rings. The van der Waals surface area contributed by atoms with Crippen molar-refractivity contribution >= 4 is 40.8 Å². The van der Waals surface area contributed by atoms with Crippen LogP contribution in [0.3, 0.4) is 0 Å². The fraction of sp³-hybridized carbons (Fsp3) is 0.0909. The lowest BCUT2D eigenvalue weighted by molar-refractivity contribution is -0.132. The maximum atomic E-state index is 11.5. The second-order valence-electron chi connectivity index (χ2n) is 3.25. The van der Waals surface area contributed by atoms with Crippen LogP contribution in [0.25, 0.3) is 0 Å². The second kappa shape index (κ2) is 5.70. The standard InChI is InChI=1S/C11H9Cl2NO3/c1-6-2-4-7(5-3-6)14-10(15)8(12)9(13)11(16)17/h2-5H,1H3,(H,14,15)(H,16,17). The molecule has 0 fully saturated rings. The monoisotopic (exact) mass is 273 g/mol. The number of nitrogens with one attached hydrogen (secondary N) is 1. The molecule has 1 aromatic carbocycles. The van der Waals surface area contributed by atoms with Crippen molar-refractivity contribution in [2.24, 2.45) is 0 Å². The SMILES string of the molecule is Cc1ccc(NC(=O)C(Cl)=C(Cl)C(=O)O)cc1. The molecule has 6 heteroatoms. The van der Waals surface area contributed by atoms with Gasteiger partial charge in [0.2, 0.25) is 0 Å². The number of carbonyl (C=O) groups is 2. The van der Waals surface area contributed by atoms with Crippen molar-refractivity contribution in [3.63, 3.8) is 0 Å². The number of amides is 1. The van der Waals surface area contributed by atoms with Crippen LogP contribution >= 0.6 is 23.2 Å². The molecule has 0 atom stereocenters. The zero-order valence-electron chi connectivity index (χ0n) is 8.83. The molecule has 0 saturated carbocycles. The molecule has 0 aliphatic carbocycles. The Hall–Kier alpha value is -1.52. The number of aliphatic carboxylic acids is 1. The van der Waals surface area contributed by atoms with Crippen LogP contribution in [0.4, 0.5) is 5.69 Å². The van der Waals surface area contributed by atoms with E-state index in [0.29, 0.717) is 5.69 Å². The number of halogens is 2. The Morgan fingerprint density at radius 2 is 1.65 bits per heavy atom. The Balaban J connectivity index is 2.83. The zero-order chi connectivity index (χ0) is 13.0. The van der Waals surface area contributed by atoms with Gasteiger partial charge in [-0.05, 0) is 19.1 Å². The minimum atomic E-state index is -1.45. The largest absolute Gasteiger partial charge is 0.477 e. The highest BCUT2D eigenvalue weighted by Gasteiger charge is 2.17. The number of anilines is 1. The molecule has 0 aliphatic heterocycles. The summed E-state index contributed by atoms with van der Waals surface area (Å²) < 4.78 is 0. The first-order valence-electron chi connectivity index (χ1n) is 4.58. The number of carbonyl (C=O) groups excluding carboxylic acids is 1. The highest BCUT2D eigenvalue weighted by Crippen LogP contribution is 2.17. The fourth-order valence-electron chi connectivity index (χ4n) is 1.02. The van der Waals surface area contributed by atoms with Crippen LogP contribution in [0.5, 0.6) is 0 Å². The van der Waals surface area contributed by atoms with E-state index in [2.05, 4.69) is 5.32 Å². The van der Waals surface area contributed by atoms with E-state index in [1.54, 1.807) is 24.3 Å². The van der Waals surface area contributed by atoms with Gasteiger partial charge in [0.25, 0.3) is 5.91 Å². The third-order valence-electron chi connectivity index (χ3n) is 1.89. The molecule has 0 unspecified atom stereocenters. The van der Waals surface area contributed by atoms with Gasteiger partial charge in [0.15, 0.2) is 0 Å². The Kier molecular flexibility index (Phi) is 4.54. The average Bonchev–Trinajstić information content (AvgIpc) is 2.30. The van der Waals surface area contributed by atoms with E-state index >= 15 is 0 Å². The summed E-state index contributed by atoms with van der Waals surface area (Å²) in [6.45, 7) is 1.90. The molecular formula is C11H9Cl2NO3. The summed E-state index contributed by atoms with van der Waals surface area (Å²) in [5.41, 5.74) is 1.54. The fourth-order valence-corrected chi connectivity index (χ4v) is 1.23. The van der Waals surface area contributed by atoms with Crippen molar-refractivity contribution < 1.29 is 14.7 Å². The van der Waals surface area contributed by atoms with Crippen molar-refractivity contribution in [1.29, 1.82) is 0 Å². The topological polar surface area (TPSA) is 66.4 Å². The minimum Gasteiger partial charge on any atom is -0.477 e. The zero-order valence-corrected chi connectivity index (χ0v) is 10.3. The van der Waals surface area contributed by atoms with Gasteiger partial charge in [-0.2, -0.15) is 0 Å². The molecule has 0 radical (unpaired) electrons. The van der Waals surface area contributed by atoms with Gasteiger partial charge in [0.05, 0.1) is 0 Å². The number of hydrogen-bond acceptors (Lipinski definition) is 2. The molecule has 0 saturated heterocycles. The molecule has 1 rings (SSSR count). The Bertz CT molecular complexity index is 480. The van der Waals surface area contributed by atoms with Crippen LogP contribution in [-0.2, 0) is 9.59 Å². The van der Waals surface area contributed by atoms with E-state index < -0.39 is 21.9 Å². The predicted molar refractivity (Wildman–Crippen MR) is 66.2 cm³/mol. The number of carboxylic acid groups (broad SMARTS) is 1. The first-order valence-corrected chi connectivity index (χ1v) is 5.34. The Labute approximate surface area is 108 Å². The first kappa shape index (κ1) is 13.5. The quantitative estimate of drug-likeness (QED) is 0.833. The van der Waals surface area contributed by atoms with E-state index in [1.807, 2.05) is 6.92 Å². The van der Waals surface area contributed by atoms with E-state index in [-0.39, 0.29) is 0 Å². The molecule has 2 N–H and O–H groups in total. The summed E-state index contributed by atoms with van der Waals surface area (Å²) in [7, 11) is 0. The average molecular weight is 274 g/mol. The van der Waals surface area contributed by atoms with E-state index in [1.165, 1.54) is 0 Å². The summed E-state index contributed by atoms with van der Waals surface area (Å²) in [6.07, 6.45) is 0. The minimum absolute atomic E-state index is 0.508. The molecule has 17 heavy (non-hydrogen) atoms. The second-order valence-corrected chi connectivity index (χ2v) is 4.01. The molecule has 0 aliphatic rings. The van der Waals surface area contributed by atoms with Crippen LogP contribution in [-0.4, -0.2) is 17.0 Å². The third kappa shape index (κ3) is 3.76. The normalized spacial score (nSPS) is 11.7.